The zero-order valence-corrected chi connectivity index (χ0v) is 13.7. The molecule has 0 saturated carbocycles. The Hall–Kier alpha value is -0.680. The van der Waals surface area contributed by atoms with Crippen LogP contribution in [0, 0.1) is 0 Å². The molecule has 3 rings (SSSR count). The predicted molar refractivity (Wildman–Crippen MR) is 85.8 cm³/mol. The van der Waals surface area contributed by atoms with Gasteiger partial charge in [0, 0.05) is 31.1 Å². The Bertz CT molecular complexity index is 598. The summed E-state index contributed by atoms with van der Waals surface area (Å²) in [6.45, 7) is 3.17. The van der Waals surface area contributed by atoms with E-state index in [1.54, 1.807) is 0 Å². The number of hydrogen-bond donors (Lipinski definition) is 0. The van der Waals surface area contributed by atoms with Gasteiger partial charge < -0.3 is 4.57 Å². The molecule has 0 amide bonds. The van der Waals surface area contributed by atoms with Crippen molar-refractivity contribution in [2.45, 2.75) is 44.4 Å². The van der Waals surface area contributed by atoms with E-state index in [0.717, 1.165) is 42.1 Å². The molecule has 0 aliphatic carbocycles. The van der Waals surface area contributed by atoms with Gasteiger partial charge >= 0.3 is 0 Å². The van der Waals surface area contributed by atoms with E-state index in [0.29, 0.717) is 11.1 Å². The van der Waals surface area contributed by atoms with Gasteiger partial charge in [-0.15, -0.1) is 11.6 Å². The van der Waals surface area contributed by atoms with Crippen molar-refractivity contribution in [2.24, 2.45) is 7.05 Å². The molecule has 110 valence electrons. The van der Waals surface area contributed by atoms with Crippen LogP contribution in [0.1, 0.15) is 31.3 Å². The first-order chi connectivity index (χ1) is 9.74. The number of aromatic nitrogens is 4. The quantitative estimate of drug-likeness (QED) is 0.796. The van der Waals surface area contributed by atoms with E-state index in [1.165, 1.54) is 18.6 Å². The Morgan fingerprint density at radius 2 is 2.30 bits per heavy atom. The fourth-order valence-electron chi connectivity index (χ4n) is 2.98. The van der Waals surface area contributed by atoms with Crippen LogP contribution in [-0.2, 0) is 26.4 Å². The SMILES string of the molecule is CCc1nn(C)c2c1nc(CCCl)n2CC1CCCS1. The molecule has 1 saturated heterocycles. The van der Waals surface area contributed by atoms with E-state index in [4.69, 9.17) is 16.6 Å². The summed E-state index contributed by atoms with van der Waals surface area (Å²) in [7, 11) is 2.02. The molecule has 3 heterocycles. The standard InChI is InChI=1S/C14H21ClN4S/c1-3-11-13-14(18(2)17-11)19(12(16-13)6-7-15)9-10-5-4-8-20-10/h10H,3-9H2,1-2H3. The number of rotatable bonds is 5. The van der Waals surface area contributed by atoms with E-state index in [-0.39, 0.29) is 0 Å². The highest BCUT2D eigenvalue weighted by Gasteiger charge is 2.22. The highest BCUT2D eigenvalue weighted by molar-refractivity contribution is 8.00. The second-order valence-electron chi connectivity index (χ2n) is 5.31. The molecule has 1 aliphatic heterocycles. The van der Waals surface area contributed by atoms with Crippen LogP contribution in [0.3, 0.4) is 0 Å². The van der Waals surface area contributed by atoms with E-state index < -0.39 is 0 Å². The smallest absolute Gasteiger partial charge is 0.158 e. The van der Waals surface area contributed by atoms with Gasteiger partial charge in [-0.3, -0.25) is 4.68 Å². The Balaban J connectivity index is 2.05. The number of alkyl halides is 1. The molecule has 6 heteroatoms. The zero-order valence-electron chi connectivity index (χ0n) is 12.1. The highest BCUT2D eigenvalue weighted by atomic mass is 35.5. The summed E-state index contributed by atoms with van der Waals surface area (Å²) >= 11 is 8.03. The van der Waals surface area contributed by atoms with Gasteiger partial charge in [-0.25, -0.2) is 4.98 Å². The van der Waals surface area contributed by atoms with Crippen LogP contribution in [0.2, 0.25) is 0 Å². The van der Waals surface area contributed by atoms with Crippen LogP contribution in [0.5, 0.6) is 0 Å². The largest absolute Gasteiger partial charge is 0.312 e. The lowest BCUT2D eigenvalue weighted by molar-refractivity contribution is 0.606. The molecule has 1 atom stereocenters. The molecular formula is C14H21ClN4S. The van der Waals surface area contributed by atoms with Gasteiger partial charge in [0.1, 0.15) is 11.3 Å². The van der Waals surface area contributed by atoms with Gasteiger partial charge in [-0.2, -0.15) is 16.9 Å². The fraction of sp³-hybridized carbons (Fsp3) is 0.714. The average Bonchev–Trinajstić information content (AvgIpc) is 3.11. The van der Waals surface area contributed by atoms with E-state index in [2.05, 4.69) is 28.4 Å². The third-order valence-electron chi connectivity index (χ3n) is 3.93. The maximum absolute atomic E-state index is 5.95. The highest BCUT2D eigenvalue weighted by Crippen LogP contribution is 2.30. The lowest BCUT2D eigenvalue weighted by atomic mass is 10.2. The van der Waals surface area contributed by atoms with Gasteiger partial charge in [0.15, 0.2) is 5.65 Å². The van der Waals surface area contributed by atoms with Crippen LogP contribution in [0.4, 0.5) is 0 Å². The minimum atomic E-state index is 0.621. The van der Waals surface area contributed by atoms with Gasteiger partial charge in [0.05, 0.1) is 5.69 Å². The lowest BCUT2D eigenvalue weighted by Gasteiger charge is -2.13. The molecule has 1 aliphatic rings. The third kappa shape index (κ3) is 2.46. The Morgan fingerprint density at radius 1 is 1.45 bits per heavy atom. The molecule has 1 fully saturated rings. The molecule has 2 aromatic rings. The third-order valence-corrected chi connectivity index (χ3v) is 5.50. The van der Waals surface area contributed by atoms with Crippen LogP contribution in [-0.4, -0.2) is 36.2 Å². The number of thioether (sulfide) groups is 1. The molecule has 1 unspecified atom stereocenters. The van der Waals surface area contributed by atoms with Crippen molar-refractivity contribution in [3.05, 3.63) is 11.5 Å². The number of imidazole rings is 1. The Labute approximate surface area is 128 Å². The van der Waals surface area contributed by atoms with Crippen molar-refractivity contribution >= 4 is 34.5 Å². The van der Waals surface area contributed by atoms with Gasteiger partial charge in [-0.1, -0.05) is 6.92 Å². The van der Waals surface area contributed by atoms with Gasteiger partial charge in [-0.05, 0) is 25.0 Å². The number of nitrogens with zero attached hydrogens (tertiary/aromatic N) is 4. The first kappa shape index (κ1) is 14.3. The monoisotopic (exact) mass is 312 g/mol. The zero-order chi connectivity index (χ0) is 14.1. The number of hydrogen-bond acceptors (Lipinski definition) is 3. The molecular weight excluding hydrogens is 292 g/mol. The molecule has 0 radical (unpaired) electrons. The maximum Gasteiger partial charge on any atom is 0.158 e. The van der Waals surface area contributed by atoms with Crippen molar-refractivity contribution in [3.8, 4) is 0 Å². The minimum Gasteiger partial charge on any atom is -0.312 e. The average molecular weight is 313 g/mol. The van der Waals surface area contributed by atoms with Crippen molar-refractivity contribution in [3.63, 3.8) is 0 Å². The minimum absolute atomic E-state index is 0.621. The summed E-state index contributed by atoms with van der Waals surface area (Å²) in [5, 5.41) is 5.31. The molecule has 20 heavy (non-hydrogen) atoms. The first-order valence-electron chi connectivity index (χ1n) is 7.33. The van der Waals surface area contributed by atoms with Crippen LogP contribution in [0.25, 0.3) is 11.2 Å². The topological polar surface area (TPSA) is 35.6 Å². The summed E-state index contributed by atoms with van der Waals surface area (Å²) < 4.78 is 4.34. The molecule has 0 bridgehead atoms. The number of aryl methyl sites for hydroxylation is 3. The molecule has 0 aromatic carbocycles. The van der Waals surface area contributed by atoms with Crippen molar-refractivity contribution in [1.29, 1.82) is 0 Å². The number of fused-ring (bicyclic) bond motifs is 1. The molecule has 0 N–H and O–H groups in total. The van der Waals surface area contributed by atoms with Gasteiger partial charge in [0.2, 0.25) is 0 Å². The summed E-state index contributed by atoms with van der Waals surface area (Å²) in [6.07, 6.45) is 4.40. The summed E-state index contributed by atoms with van der Waals surface area (Å²) in [6, 6.07) is 0. The predicted octanol–water partition coefficient (Wildman–Crippen LogP) is 3.01. The van der Waals surface area contributed by atoms with Crippen LogP contribution in [0.15, 0.2) is 0 Å². The molecule has 0 spiro atoms. The number of halogens is 1. The fourth-order valence-corrected chi connectivity index (χ4v) is 4.41. The van der Waals surface area contributed by atoms with Crippen molar-refractivity contribution < 1.29 is 0 Å². The lowest BCUT2D eigenvalue weighted by Crippen LogP contribution is -2.15. The molecule has 4 nitrogen and oxygen atoms in total. The summed E-state index contributed by atoms with van der Waals surface area (Å²) in [5.74, 6) is 3.03. The van der Waals surface area contributed by atoms with E-state index in [9.17, 15) is 0 Å². The first-order valence-corrected chi connectivity index (χ1v) is 8.91. The van der Waals surface area contributed by atoms with Crippen LogP contribution < -0.4 is 0 Å². The van der Waals surface area contributed by atoms with E-state index in [1.807, 2.05) is 11.7 Å². The maximum atomic E-state index is 5.95. The summed E-state index contributed by atoms with van der Waals surface area (Å²) in [4.78, 5) is 4.82. The Morgan fingerprint density at radius 3 is 2.95 bits per heavy atom. The van der Waals surface area contributed by atoms with Crippen LogP contribution >= 0.6 is 23.4 Å². The Kier molecular flexibility index (Phi) is 4.26. The van der Waals surface area contributed by atoms with Crippen molar-refractivity contribution in [1.82, 2.24) is 19.3 Å². The van der Waals surface area contributed by atoms with Gasteiger partial charge in [0.25, 0.3) is 0 Å². The second-order valence-corrected chi connectivity index (χ2v) is 7.09. The van der Waals surface area contributed by atoms with E-state index >= 15 is 0 Å². The second kappa shape index (κ2) is 5.98. The normalized spacial score (nSPS) is 19.2. The van der Waals surface area contributed by atoms with Crippen molar-refractivity contribution in [2.75, 3.05) is 11.6 Å². The summed E-state index contributed by atoms with van der Waals surface area (Å²) in [5.41, 5.74) is 3.32. The molecule has 2 aromatic heterocycles.